The number of carbonyl (C=O) groups is 2. The zero-order valence-corrected chi connectivity index (χ0v) is 15.9. The van der Waals surface area contributed by atoms with Gasteiger partial charge >= 0.3 is 6.18 Å². The van der Waals surface area contributed by atoms with Crippen LogP contribution in [0.15, 0.2) is 36.4 Å². The van der Waals surface area contributed by atoms with E-state index in [9.17, 15) is 44.7 Å². The summed E-state index contributed by atoms with van der Waals surface area (Å²) in [6, 6.07) is 4.85. The summed E-state index contributed by atoms with van der Waals surface area (Å²) in [5, 5.41) is 1.89. The first-order valence-corrected chi connectivity index (χ1v) is 9.08. The van der Waals surface area contributed by atoms with Gasteiger partial charge in [-0.15, -0.1) is 0 Å². The molecule has 3 rings (SSSR count). The van der Waals surface area contributed by atoms with Crippen molar-refractivity contribution in [2.75, 3.05) is 18.4 Å². The van der Waals surface area contributed by atoms with Gasteiger partial charge in [0.1, 0.15) is 5.92 Å². The Balaban J connectivity index is 1.97. The lowest BCUT2D eigenvalue weighted by molar-refractivity contribution is -0.138. The van der Waals surface area contributed by atoms with Crippen LogP contribution in [-0.2, 0) is 15.8 Å². The van der Waals surface area contributed by atoms with E-state index in [1.54, 1.807) is 0 Å². The van der Waals surface area contributed by atoms with Gasteiger partial charge in [-0.25, -0.2) is 22.0 Å². The van der Waals surface area contributed by atoms with Crippen molar-refractivity contribution >= 4 is 17.5 Å². The monoisotopic (exact) mass is 466 g/mol. The number of nitrogens with one attached hydrogen (secondary N) is 1. The van der Waals surface area contributed by atoms with Gasteiger partial charge in [0.05, 0.1) is 17.8 Å². The molecule has 32 heavy (non-hydrogen) atoms. The number of amides is 2. The van der Waals surface area contributed by atoms with Gasteiger partial charge in [-0.05, 0) is 23.8 Å². The van der Waals surface area contributed by atoms with E-state index in [1.165, 1.54) is 6.07 Å². The molecule has 1 saturated heterocycles. The van der Waals surface area contributed by atoms with Crippen molar-refractivity contribution in [2.24, 2.45) is 5.92 Å². The van der Waals surface area contributed by atoms with Gasteiger partial charge in [0.25, 0.3) is 6.43 Å². The summed E-state index contributed by atoms with van der Waals surface area (Å²) < 4.78 is 105. The Morgan fingerprint density at radius 2 is 1.78 bits per heavy atom. The summed E-state index contributed by atoms with van der Waals surface area (Å²) >= 11 is 0. The van der Waals surface area contributed by atoms with E-state index in [-0.39, 0.29) is 5.56 Å². The van der Waals surface area contributed by atoms with Crippen LogP contribution in [0.2, 0.25) is 0 Å². The third kappa shape index (κ3) is 4.68. The molecule has 172 valence electrons. The molecule has 2 aromatic carbocycles. The van der Waals surface area contributed by atoms with Crippen molar-refractivity contribution in [2.45, 2.75) is 18.5 Å². The number of alkyl halides is 5. The minimum Gasteiger partial charge on any atom is -0.336 e. The first-order chi connectivity index (χ1) is 14.9. The maximum atomic E-state index is 13.9. The predicted octanol–water partition coefficient (Wildman–Crippen LogP) is 4.57. The highest BCUT2D eigenvalue weighted by atomic mass is 19.4. The molecule has 1 aliphatic rings. The van der Waals surface area contributed by atoms with Gasteiger partial charge in [0.2, 0.25) is 11.8 Å². The number of halogens is 8. The normalized spacial score (nSPS) is 19.0. The molecule has 2 aromatic rings. The molecule has 0 aliphatic carbocycles. The fourth-order valence-electron chi connectivity index (χ4n) is 3.50. The SMILES string of the molecule is O=C(Nc1ccc(F)c(F)c1F)[C@H]1C(=O)N(CC(F)F)C[C@@H]1c1cccc(C(F)(F)F)c1. The Morgan fingerprint density at radius 3 is 2.41 bits per heavy atom. The molecular weight excluding hydrogens is 452 g/mol. The van der Waals surface area contributed by atoms with Crippen LogP contribution < -0.4 is 5.32 Å². The second kappa shape index (κ2) is 8.75. The molecule has 0 radical (unpaired) electrons. The van der Waals surface area contributed by atoms with Crippen LogP contribution in [-0.4, -0.2) is 36.2 Å². The summed E-state index contributed by atoms with van der Waals surface area (Å²) in [5.41, 5.74) is -2.03. The number of likely N-dealkylation sites (tertiary alicyclic amines) is 1. The number of benzene rings is 2. The largest absolute Gasteiger partial charge is 0.416 e. The predicted molar refractivity (Wildman–Crippen MR) is 95.2 cm³/mol. The highest BCUT2D eigenvalue weighted by Gasteiger charge is 2.47. The molecule has 1 aliphatic heterocycles. The van der Waals surface area contributed by atoms with Gasteiger partial charge in [0.15, 0.2) is 17.5 Å². The lowest BCUT2D eigenvalue weighted by Gasteiger charge is -2.18. The van der Waals surface area contributed by atoms with E-state index < -0.39 is 78.0 Å². The summed E-state index contributed by atoms with van der Waals surface area (Å²) in [6.45, 7) is -1.57. The van der Waals surface area contributed by atoms with Crippen LogP contribution in [0, 0.1) is 23.4 Å². The van der Waals surface area contributed by atoms with Crippen molar-refractivity contribution < 1.29 is 44.7 Å². The molecule has 0 aromatic heterocycles. The molecule has 1 fully saturated rings. The number of nitrogens with zero attached hydrogens (tertiary/aromatic N) is 1. The minimum atomic E-state index is -4.74. The van der Waals surface area contributed by atoms with Crippen molar-refractivity contribution in [3.8, 4) is 0 Å². The van der Waals surface area contributed by atoms with Crippen LogP contribution in [0.3, 0.4) is 0 Å². The summed E-state index contributed by atoms with van der Waals surface area (Å²) in [4.78, 5) is 26.0. The zero-order valence-electron chi connectivity index (χ0n) is 15.9. The van der Waals surface area contributed by atoms with Crippen LogP contribution in [0.5, 0.6) is 0 Å². The molecule has 12 heteroatoms. The number of anilines is 1. The molecule has 1 heterocycles. The maximum Gasteiger partial charge on any atom is 0.416 e. The summed E-state index contributed by atoms with van der Waals surface area (Å²) in [7, 11) is 0. The van der Waals surface area contributed by atoms with Crippen molar-refractivity contribution in [1.29, 1.82) is 0 Å². The molecule has 0 spiro atoms. The average molecular weight is 466 g/mol. The van der Waals surface area contributed by atoms with Gasteiger partial charge in [-0.2, -0.15) is 13.2 Å². The molecule has 2 amide bonds. The van der Waals surface area contributed by atoms with Gasteiger partial charge in [-0.3, -0.25) is 9.59 Å². The first-order valence-electron chi connectivity index (χ1n) is 9.08. The molecule has 0 bridgehead atoms. The van der Waals surface area contributed by atoms with Crippen molar-refractivity contribution in [3.63, 3.8) is 0 Å². The van der Waals surface area contributed by atoms with Crippen LogP contribution in [0.4, 0.5) is 40.8 Å². The zero-order chi connectivity index (χ0) is 23.8. The van der Waals surface area contributed by atoms with Crippen LogP contribution >= 0.6 is 0 Å². The highest BCUT2D eigenvalue weighted by molar-refractivity contribution is 6.08. The van der Waals surface area contributed by atoms with Crippen molar-refractivity contribution in [1.82, 2.24) is 4.90 Å². The smallest absolute Gasteiger partial charge is 0.336 e. The first kappa shape index (κ1) is 23.5. The minimum absolute atomic E-state index is 0.129. The third-order valence-electron chi connectivity index (χ3n) is 4.97. The summed E-state index contributed by atoms with van der Waals surface area (Å²) in [5.74, 6) is -10.7. The number of rotatable bonds is 5. The Kier molecular flexibility index (Phi) is 6.42. The topological polar surface area (TPSA) is 49.4 Å². The van der Waals surface area contributed by atoms with E-state index in [0.717, 1.165) is 12.1 Å². The highest BCUT2D eigenvalue weighted by Crippen LogP contribution is 2.38. The fourth-order valence-corrected chi connectivity index (χ4v) is 3.50. The Labute approximate surface area is 175 Å². The van der Waals surface area contributed by atoms with E-state index in [2.05, 4.69) is 0 Å². The molecule has 0 unspecified atom stereocenters. The Bertz CT molecular complexity index is 1040. The number of hydrogen-bond acceptors (Lipinski definition) is 2. The van der Waals surface area contributed by atoms with E-state index in [4.69, 9.17) is 0 Å². The third-order valence-corrected chi connectivity index (χ3v) is 4.97. The van der Waals surface area contributed by atoms with Crippen LogP contribution in [0.25, 0.3) is 0 Å². The van der Waals surface area contributed by atoms with Crippen LogP contribution in [0.1, 0.15) is 17.0 Å². The Morgan fingerprint density at radius 1 is 1.09 bits per heavy atom. The fraction of sp³-hybridized carbons (Fsp3) is 0.300. The average Bonchev–Trinajstić information content (AvgIpc) is 3.03. The second-order valence-electron chi connectivity index (χ2n) is 7.05. The molecule has 2 atom stereocenters. The van der Waals surface area contributed by atoms with Gasteiger partial charge < -0.3 is 10.2 Å². The Hall–Kier alpha value is -3.18. The van der Waals surface area contributed by atoms with Crippen molar-refractivity contribution in [3.05, 3.63) is 65.0 Å². The molecule has 1 N–H and O–H groups in total. The number of carbonyl (C=O) groups excluding carboxylic acids is 2. The van der Waals surface area contributed by atoms with E-state index in [1.807, 2.05) is 5.32 Å². The quantitative estimate of drug-likeness (QED) is 0.399. The molecular formula is C20H14F8N2O2. The molecule has 4 nitrogen and oxygen atoms in total. The lowest BCUT2D eigenvalue weighted by Crippen LogP contribution is -2.36. The summed E-state index contributed by atoms with van der Waals surface area (Å²) in [6.07, 6.45) is -7.72. The number of hydrogen-bond donors (Lipinski definition) is 1. The van der Waals surface area contributed by atoms with E-state index >= 15 is 0 Å². The van der Waals surface area contributed by atoms with Gasteiger partial charge in [0, 0.05) is 12.5 Å². The maximum absolute atomic E-state index is 13.9. The standard InChI is InChI=1S/C20H14F8N2O2/c21-12-4-5-13(17(25)16(12)24)29-18(31)15-11(7-30(19(15)32)8-14(22)23)9-2-1-3-10(6-9)20(26,27)28/h1-6,11,14-15H,7-8H2,(H,29,31)/t11-,15+/m1/s1. The second-order valence-corrected chi connectivity index (χ2v) is 7.05. The van der Waals surface area contributed by atoms with E-state index in [0.29, 0.717) is 23.1 Å². The van der Waals surface area contributed by atoms with Gasteiger partial charge in [-0.1, -0.05) is 18.2 Å². The molecule has 0 saturated carbocycles. The lowest BCUT2D eigenvalue weighted by atomic mass is 9.87.